The first-order chi connectivity index (χ1) is 30.4. The second-order valence-corrected chi connectivity index (χ2v) is 17.0. The molecule has 62 heavy (non-hydrogen) atoms. The van der Waals surface area contributed by atoms with Crippen LogP contribution >= 0.6 is 11.6 Å². The lowest BCUT2D eigenvalue weighted by Gasteiger charge is -2.26. The van der Waals surface area contributed by atoms with Crippen molar-refractivity contribution in [3.8, 4) is 45.4 Å². The normalized spacial score (nSPS) is 11.8. The quantitative estimate of drug-likeness (QED) is 0.0586. The number of nitrogens with zero attached hydrogens (tertiary/aromatic N) is 2. The van der Waals surface area contributed by atoms with Gasteiger partial charge in [-0.05, 0) is 78.9 Å². The van der Waals surface area contributed by atoms with Crippen LogP contribution in [0.5, 0.6) is 23.0 Å². The Morgan fingerprint density at radius 1 is 0.629 bits per heavy atom. The van der Waals surface area contributed by atoms with E-state index in [4.69, 9.17) is 26.1 Å². The number of anilines is 3. The van der Waals surface area contributed by atoms with Gasteiger partial charge in [-0.25, -0.2) is 4.98 Å². The molecule has 6 aromatic rings. The summed E-state index contributed by atoms with van der Waals surface area (Å²) in [6, 6.07) is 32.6. The second-order valence-electron chi connectivity index (χ2n) is 16.6. The first kappa shape index (κ1) is 44.5. The van der Waals surface area contributed by atoms with Crippen LogP contribution in [0.3, 0.4) is 0 Å². The topological polar surface area (TPSA) is 83.9 Å². The van der Waals surface area contributed by atoms with Gasteiger partial charge in [-0.3, -0.25) is 4.79 Å². The highest BCUT2D eigenvalue weighted by Crippen LogP contribution is 2.49. The van der Waals surface area contributed by atoms with Crippen LogP contribution in [-0.4, -0.2) is 35.6 Å². The van der Waals surface area contributed by atoms with E-state index in [0.29, 0.717) is 73.5 Å². The average molecular weight is 853 g/mol. The fourth-order valence-corrected chi connectivity index (χ4v) is 8.63. The molecule has 0 saturated heterocycles. The smallest absolute Gasteiger partial charge is 0.196 e. The molecule has 0 aliphatic heterocycles. The minimum absolute atomic E-state index is 0.122. The maximum atomic E-state index is 14.8. The number of aromatic nitrogens is 1. The average Bonchev–Trinajstić information content (AvgIpc) is 3.28. The van der Waals surface area contributed by atoms with E-state index < -0.39 is 0 Å². The summed E-state index contributed by atoms with van der Waals surface area (Å²) in [6.07, 6.45) is 16.8. The largest absolute Gasteiger partial charge is 0.507 e. The summed E-state index contributed by atoms with van der Waals surface area (Å²) in [5, 5.41) is 16.5. The molecule has 7 nitrogen and oxygen atoms in total. The Labute approximate surface area is 373 Å². The monoisotopic (exact) mass is 851 g/mol. The van der Waals surface area contributed by atoms with Crippen LogP contribution in [-0.2, 0) is 0 Å². The fourth-order valence-electron chi connectivity index (χ4n) is 8.46. The summed E-state index contributed by atoms with van der Waals surface area (Å²) in [6.45, 7) is 9.10. The Morgan fingerprint density at radius 2 is 1.29 bits per heavy atom. The van der Waals surface area contributed by atoms with E-state index in [9.17, 15) is 9.90 Å². The van der Waals surface area contributed by atoms with Crippen molar-refractivity contribution in [1.82, 2.24) is 4.98 Å². The molecule has 0 unspecified atom stereocenters. The zero-order chi connectivity index (χ0) is 43.3. The molecule has 5 aromatic carbocycles. The summed E-state index contributed by atoms with van der Waals surface area (Å²) >= 11 is 6.63. The number of carbonyl (C=O) groups is 1. The van der Waals surface area contributed by atoms with Gasteiger partial charge in [-0.15, -0.1) is 0 Å². The van der Waals surface area contributed by atoms with Crippen molar-refractivity contribution in [3.63, 3.8) is 0 Å². The number of hydrogen-bond acceptors (Lipinski definition) is 7. The lowest BCUT2D eigenvalue weighted by atomic mass is 9.82. The number of benzene rings is 5. The number of halogens is 1. The molecule has 7 rings (SSSR count). The fraction of sp³-hybridized carbons (Fsp3) is 0.370. The van der Waals surface area contributed by atoms with Gasteiger partial charge < -0.3 is 24.8 Å². The summed E-state index contributed by atoms with van der Waals surface area (Å²) in [7, 11) is 0. The summed E-state index contributed by atoms with van der Waals surface area (Å²) < 4.78 is 13.1. The van der Waals surface area contributed by atoms with Gasteiger partial charge in [0.2, 0.25) is 0 Å². The van der Waals surface area contributed by atoms with Crippen molar-refractivity contribution in [2.75, 3.05) is 29.9 Å². The summed E-state index contributed by atoms with van der Waals surface area (Å²) in [4.78, 5) is 22.4. The van der Waals surface area contributed by atoms with Crippen molar-refractivity contribution in [2.24, 2.45) is 0 Å². The van der Waals surface area contributed by atoms with Crippen LogP contribution in [0.1, 0.15) is 127 Å². The van der Waals surface area contributed by atoms with Gasteiger partial charge in [0.1, 0.15) is 22.8 Å². The molecule has 1 aliphatic carbocycles. The number of para-hydroxylation sites is 1. The molecular formula is C54H62ClN3O4. The summed E-state index contributed by atoms with van der Waals surface area (Å²) in [5.41, 5.74) is 6.59. The SMILES string of the molecule is CCCCCCCCCCCCOc1ccc(Cl)cc1Nc1cc(Oc2ccccc2)c2nc(-c3ccc(N(CCCC)CCCC)cc3O)cc3c2c1C(=O)c1ccccc1-3. The number of pyridine rings is 1. The molecule has 0 amide bonds. The number of unbranched alkanes of at least 4 members (excludes halogenated alkanes) is 11. The number of hydrogen-bond donors (Lipinski definition) is 2. The van der Waals surface area contributed by atoms with Gasteiger partial charge in [-0.1, -0.05) is 145 Å². The molecule has 2 N–H and O–H groups in total. The minimum Gasteiger partial charge on any atom is -0.507 e. The predicted molar refractivity (Wildman–Crippen MR) is 258 cm³/mol. The Kier molecular flexibility index (Phi) is 15.8. The molecule has 1 aliphatic rings. The van der Waals surface area contributed by atoms with Crippen molar-refractivity contribution in [2.45, 2.75) is 111 Å². The molecule has 0 bridgehead atoms. The predicted octanol–water partition coefficient (Wildman–Crippen LogP) is 15.7. The minimum atomic E-state index is -0.122. The number of phenols is 1. The lowest BCUT2D eigenvalue weighted by Crippen LogP contribution is -2.25. The number of ether oxygens (including phenoxy) is 2. The number of aromatic hydroxyl groups is 1. The first-order valence-electron chi connectivity index (χ1n) is 23.1. The zero-order valence-electron chi connectivity index (χ0n) is 36.8. The third kappa shape index (κ3) is 10.7. The second kappa shape index (κ2) is 22.0. The van der Waals surface area contributed by atoms with Crippen LogP contribution in [0.2, 0.25) is 5.02 Å². The van der Waals surface area contributed by atoms with Crippen LogP contribution in [0.4, 0.5) is 17.1 Å². The molecule has 0 spiro atoms. The highest BCUT2D eigenvalue weighted by atomic mass is 35.5. The Balaban J connectivity index is 1.26. The molecule has 324 valence electrons. The maximum Gasteiger partial charge on any atom is 0.196 e. The van der Waals surface area contributed by atoms with Gasteiger partial charge >= 0.3 is 0 Å². The first-order valence-corrected chi connectivity index (χ1v) is 23.4. The van der Waals surface area contributed by atoms with Gasteiger partial charge in [-0.2, -0.15) is 0 Å². The van der Waals surface area contributed by atoms with Crippen molar-refractivity contribution < 1.29 is 19.4 Å². The third-order valence-corrected chi connectivity index (χ3v) is 12.1. The molecular weight excluding hydrogens is 790 g/mol. The molecule has 8 heteroatoms. The van der Waals surface area contributed by atoms with Crippen molar-refractivity contribution in [1.29, 1.82) is 0 Å². The van der Waals surface area contributed by atoms with Crippen LogP contribution in [0, 0.1) is 0 Å². The Morgan fingerprint density at radius 3 is 1.98 bits per heavy atom. The highest BCUT2D eigenvalue weighted by Gasteiger charge is 2.32. The summed E-state index contributed by atoms with van der Waals surface area (Å²) in [5.74, 6) is 1.77. The van der Waals surface area contributed by atoms with Crippen LogP contribution in [0.15, 0.2) is 103 Å². The van der Waals surface area contributed by atoms with Crippen LogP contribution in [0.25, 0.3) is 33.3 Å². The number of rotatable bonds is 24. The molecule has 1 aromatic heterocycles. The number of phenolic OH excluding ortho intramolecular Hbond substituents is 1. The maximum absolute atomic E-state index is 14.8. The van der Waals surface area contributed by atoms with E-state index in [-0.39, 0.29) is 11.5 Å². The zero-order valence-corrected chi connectivity index (χ0v) is 37.5. The molecule has 0 atom stereocenters. The Hall–Kier alpha value is -5.53. The number of ketones is 1. The lowest BCUT2D eigenvalue weighted by molar-refractivity contribution is 0.104. The van der Waals surface area contributed by atoms with Gasteiger partial charge in [0.15, 0.2) is 11.5 Å². The van der Waals surface area contributed by atoms with E-state index in [2.05, 4.69) is 37.1 Å². The molecule has 0 fully saturated rings. The highest BCUT2D eigenvalue weighted by molar-refractivity contribution is 6.31. The molecule has 0 radical (unpaired) electrons. The standard InChI is InChI=1S/C54H62ClN3O4/c1-4-7-10-11-12-13-14-15-16-22-33-61-49-30-27-38(55)34-46(49)56-47-37-50(62-40-23-18-17-19-24-40)53-51-44(41-25-20-21-26-42(41)54(60)52(47)51)36-45(57-53)43-29-28-39(35-48(43)59)58(31-8-5-2)32-9-6-3/h17-21,23-30,34-37,56,59H,4-16,22,31-33H2,1-3H3. The van der Waals surface area contributed by atoms with Gasteiger partial charge in [0, 0.05) is 52.4 Å². The molecule has 0 saturated carbocycles. The third-order valence-electron chi connectivity index (χ3n) is 11.9. The van der Waals surface area contributed by atoms with Crippen LogP contribution < -0.4 is 19.7 Å². The number of fused-ring (bicyclic) bond motifs is 2. The Bertz CT molecular complexity index is 2430. The van der Waals surface area contributed by atoms with Crippen molar-refractivity contribution in [3.05, 3.63) is 119 Å². The van der Waals surface area contributed by atoms with E-state index in [1.54, 1.807) is 0 Å². The van der Waals surface area contributed by atoms with Gasteiger partial charge in [0.05, 0.1) is 29.2 Å². The molecule has 1 heterocycles. The number of nitrogens with one attached hydrogen (secondary N) is 1. The van der Waals surface area contributed by atoms with Crippen molar-refractivity contribution >= 4 is 45.3 Å². The van der Waals surface area contributed by atoms with E-state index in [1.807, 2.05) is 97.1 Å². The van der Waals surface area contributed by atoms with E-state index in [0.717, 1.165) is 68.4 Å². The van der Waals surface area contributed by atoms with E-state index in [1.165, 1.54) is 51.4 Å². The number of carbonyl (C=O) groups excluding carboxylic acids is 1. The van der Waals surface area contributed by atoms with Gasteiger partial charge in [0.25, 0.3) is 0 Å². The van der Waals surface area contributed by atoms with E-state index >= 15 is 0 Å².